The summed E-state index contributed by atoms with van der Waals surface area (Å²) in [6.07, 6.45) is 1.10. The Labute approximate surface area is 123 Å². The minimum Gasteiger partial charge on any atom is -0.396 e. The number of nitro groups is 1. The lowest BCUT2D eigenvalue weighted by atomic mass is 9.95. The van der Waals surface area contributed by atoms with E-state index in [2.05, 4.69) is 10.6 Å². The van der Waals surface area contributed by atoms with Gasteiger partial charge in [-0.1, -0.05) is 13.0 Å². The van der Waals surface area contributed by atoms with Crippen LogP contribution in [0, 0.1) is 17.0 Å². The second-order valence-corrected chi connectivity index (χ2v) is 5.23. The fourth-order valence-electron chi connectivity index (χ4n) is 1.89. The number of aryl methyl sites for hydroxylation is 1. The molecule has 116 valence electrons. The van der Waals surface area contributed by atoms with Crippen molar-refractivity contribution in [2.75, 3.05) is 11.9 Å². The van der Waals surface area contributed by atoms with E-state index in [1.165, 1.54) is 6.07 Å². The quantitative estimate of drug-likeness (QED) is 0.554. The maximum Gasteiger partial charge on any atom is 0.319 e. The lowest BCUT2D eigenvalue weighted by Gasteiger charge is -2.29. The molecule has 3 N–H and O–H groups in total. The minimum atomic E-state index is -0.518. The summed E-state index contributed by atoms with van der Waals surface area (Å²) in [5.41, 5.74) is 0.327. The molecule has 0 spiro atoms. The first-order valence-corrected chi connectivity index (χ1v) is 6.76. The average molecular weight is 295 g/mol. The van der Waals surface area contributed by atoms with Gasteiger partial charge in [-0.3, -0.25) is 10.1 Å². The standard InChI is InChI=1S/C14H21N3O4/c1-4-14(3,7-8-18)16-13(19)15-11-6-5-10(2)12(9-11)17(20)21/h5-6,9,18H,4,7-8H2,1-3H3,(H2,15,16,19). The van der Waals surface area contributed by atoms with Crippen LogP contribution in [0.3, 0.4) is 0 Å². The number of carbonyl (C=O) groups excluding carboxylic acids is 1. The number of carbonyl (C=O) groups is 1. The van der Waals surface area contributed by atoms with Crippen molar-refractivity contribution in [2.45, 2.75) is 39.2 Å². The number of amides is 2. The Kier molecular flexibility index (Phi) is 5.66. The van der Waals surface area contributed by atoms with Crippen LogP contribution in [0.15, 0.2) is 18.2 Å². The van der Waals surface area contributed by atoms with Gasteiger partial charge in [-0.05, 0) is 32.8 Å². The number of aliphatic hydroxyl groups is 1. The van der Waals surface area contributed by atoms with Gasteiger partial charge in [-0.25, -0.2) is 4.79 Å². The van der Waals surface area contributed by atoms with E-state index in [9.17, 15) is 14.9 Å². The molecule has 0 radical (unpaired) electrons. The highest BCUT2D eigenvalue weighted by Crippen LogP contribution is 2.22. The van der Waals surface area contributed by atoms with Crippen LogP contribution >= 0.6 is 0 Å². The Morgan fingerprint density at radius 3 is 2.67 bits per heavy atom. The number of hydrogen-bond donors (Lipinski definition) is 3. The molecule has 7 heteroatoms. The fraction of sp³-hybridized carbons (Fsp3) is 0.500. The van der Waals surface area contributed by atoms with Crippen LogP contribution in [0.5, 0.6) is 0 Å². The number of rotatable bonds is 6. The SMILES string of the molecule is CCC(C)(CCO)NC(=O)Nc1ccc(C)c([N+](=O)[O-])c1. The van der Waals surface area contributed by atoms with Gasteiger partial charge in [0.05, 0.1) is 4.92 Å². The largest absolute Gasteiger partial charge is 0.396 e. The van der Waals surface area contributed by atoms with Crippen molar-refractivity contribution in [2.24, 2.45) is 0 Å². The topological polar surface area (TPSA) is 104 Å². The first-order valence-electron chi connectivity index (χ1n) is 6.76. The zero-order valence-electron chi connectivity index (χ0n) is 12.5. The Balaban J connectivity index is 2.79. The number of anilines is 1. The van der Waals surface area contributed by atoms with E-state index in [0.717, 1.165) is 0 Å². The molecule has 0 saturated heterocycles. The molecule has 0 fully saturated rings. The molecule has 0 aliphatic rings. The number of urea groups is 1. The van der Waals surface area contributed by atoms with Gasteiger partial charge >= 0.3 is 6.03 Å². The molecule has 0 bridgehead atoms. The van der Waals surface area contributed by atoms with Gasteiger partial charge < -0.3 is 15.7 Å². The monoisotopic (exact) mass is 295 g/mol. The summed E-state index contributed by atoms with van der Waals surface area (Å²) in [6, 6.07) is 4.06. The van der Waals surface area contributed by atoms with Crippen LogP contribution < -0.4 is 10.6 Å². The zero-order chi connectivity index (χ0) is 16.0. The summed E-state index contributed by atoms with van der Waals surface area (Å²) in [5, 5.41) is 25.2. The van der Waals surface area contributed by atoms with Crippen LogP contribution in [0.2, 0.25) is 0 Å². The first kappa shape index (κ1) is 16.9. The third-order valence-electron chi connectivity index (χ3n) is 3.52. The van der Waals surface area contributed by atoms with Crippen LogP contribution in [-0.4, -0.2) is 28.2 Å². The van der Waals surface area contributed by atoms with Crippen molar-refractivity contribution in [3.63, 3.8) is 0 Å². The highest BCUT2D eigenvalue weighted by Gasteiger charge is 2.23. The number of aliphatic hydroxyl groups excluding tert-OH is 1. The molecule has 1 aromatic carbocycles. The van der Waals surface area contributed by atoms with E-state index in [0.29, 0.717) is 24.1 Å². The second kappa shape index (κ2) is 7.03. The van der Waals surface area contributed by atoms with E-state index >= 15 is 0 Å². The molecular formula is C14H21N3O4. The molecule has 1 atom stereocenters. The molecule has 0 aliphatic carbocycles. The normalized spacial score (nSPS) is 13.3. The lowest BCUT2D eigenvalue weighted by Crippen LogP contribution is -2.48. The molecule has 2 amide bonds. The third kappa shape index (κ3) is 4.71. The molecule has 1 rings (SSSR count). The van der Waals surface area contributed by atoms with Crippen LogP contribution in [0.1, 0.15) is 32.3 Å². The number of nitrogens with zero attached hydrogens (tertiary/aromatic N) is 1. The van der Waals surface area contributed by atoms with Crippen LogP contribution in [0.4, 0.5) is 16.2 Å². The highest BCUT2D eigenvalue weighted by atomic mass is 16.6. The minimum absolute atomic E-state index is 0.0272. The van der Waals surface area contributed by atoms with Gasteiger partial charge in [-0.15, -0.1) is 0 Å². The molecular weight excluding hydrogens is 274 g/mol. The van der Waals surface area contributed by atoms with Crippen LogP contribution in [0.25, 0.3) is 0 Å². The predicted molar refractivity (Wildman–Crippen MR) is 80.4 cm³/mol. The zero-order valence-corrected chi connectivity index (χ0v) is 12.5. The van der Waals surface area contributed by atoms with Gasteiger partial charge in [0.2, 0.25) is 0 Å². The summed E-state index contributed by atoms with van der Waals surface area (Å²) in [7, 11) is 0. The van der Waals surface area contributed by atoms with E-state index in [1.807, 2.05) is 13.8 Å². The Morgan fingerprint density at radius 1 is 1.48 bits per heavy atom. The van der Waals surface area contributed by atoms with Crippen molar-refractivity contribution in [1.29, 1.82) is 0 Å². The molecule has 1 aromatic rings. The van der Waals surface area contributed by atoms with Crippen LogP contribution in [-0.2, 0) is 0 Å². The molecule has 7 nitrogen and oxygen atoms in total. The number of benzene rings is 1. The molecule has 0 saturated carbocycles. The van der Waals surface area contributed by atoms with Gasteiger partial charge in [0.1, 0.15) is 0 Å². The van der Waals surface area contributed by atoms with E-state index in [1.54, 1.807) is 19.1 Å². The second-order valence-electron chi connectivity index (χ2n) is 5.23. The van der Waals surface area contributed by atoms with Gasteiger partial charge in [0, 0.05) is 29.5 Å². The van der Waals surface area contributed by atoms with Gasteiger partial charge in [-0.2, -0.15) is 0 Å². The van der Waals surface area contributed by atoms with Gasteiger partial charge in [0.25, 0.3) is 5.69 Å². The molecule has 0 heterocycles. The third-order valence-corrected chi connectivity index (χ3v) is 3.52. The van der Waals surface area contributed by atoms with Crippen molar-refractivity contribution in [3.8, 4) is 0 Å². The Hall–Kier alpha value is -2.15. The molecule has 1 unspecified atom stereocenters. The lowest BCUT2D eigenvalue weighted by molar-refractivity contribution is -0.385. The molecule has 21 heavy (non-hydrogen) atoms. The van der Waals surface area contributed by atoms with E-state index in [-0.39, 0.29) is 12.3 Å². The Morgan fingerprint density at radius 2 is 2.14 bits per heavy atom. The van der Waals surface area contributed by atoms with Crippen molar-refractivity contribution < 1.29 is 14.8 Å². The number of nitrogens with one attached hydrogen (secondary N) is 2. The summed E-state index contributed by atoms with van der Waals surface area (Å²) < 4.78 is 0. The average Bonchev–Trinajstić information content (AvgIpc) is 2.40. The highest BCUT2D eigenvalue weighted by molar-refractivity contribution is 5.90. The summed E-state index contributed by atoms with van der Waals surface area (Å²) in [6.45, 7) is 5.35. The summed E-state index contributed by atoms with van der Waals surface area (Å²) >= 11 is 0. The van der Waals surface area contributed by atoms with E-state index in [4.69, 9.17) is 5.11 Å². The van der Waals surface area contributed by atoms with Crippen molar-refractivity contribution >= 4 is 17.4 Å². The summed E-state index contributed by atoms with van der Waals surface area (Å²) in [4.78, 5) is 22.3. The Bertz CT molecular complexity index is 533. The first-order chi connectivity index (χ1) is 9.81. The maximum atomic E-state index is 12.0. The van der Waals surface area contributed by atoms with Crippen molar-refractivity contribution in [1.82, 2.24) is 5.32 Å². The summed E-state index contributed by atoms with van der Waals surface area (Å²) in [5.74, 6) is 0. The van der Waals surface area contributed by atoms with Crippen molar-refractivity contribution in [3.05, 3.63) is 33.9 Å². The number of nitro benzene ring substituents is 1. The maximum absolute atomic E-state index is 12.0. The number of hydrogen-bond acceptors (Lipinski definition) is 4. The van der Waals surface area contributed by atoms with Gasteiger partial charge in [0.15, 0.2) is 0 Å². The predicted octanol–water partition coefficient (Wildman–Crippen LogP) is 2.58. The smallest absolute Gasteiger partial charge is 0.319 e. The molecule has 0 aliphatic heterocycles. The molecule has 0 aromatic heterocycles. The fourth-order valence-corrected chi connectivity index (χ4v) is 1.89. The van der Waals surface area contributed by atoms with E-state index < -0.39 is 16.5 Å².